The Balaban J connectivity index is 1.79. The second-order valence-corrected chi connectivity index (χ2v) is 3.82. The first-order valence-electron chi connectivity index (χ1n) is 5.43. The number of carbonyl (C=O) groups is 3. The molecule has 3 N–H and O–H groups in total. The second kappa shape index (κ2) is 5.26. The van der Waals surface area contributed by atoms with Crippen LogP contribution in [0.25, 0.3) is 0 Å². The van der Waals surface area contributed by atoms with Crippen molar-refractivity contribution in [2.75, 3.05) is 0 Å². The number of nitrogens with zero attached hydrogens (tertiary/aromatic N) is 1. The summed E-state index contributed by atoms with van der Waals surface area (Å²) in [7, 11) is 0. The Morgan fingerprint density at radius 2 is 2.22 bits per heavy atom. The summed E-state index contributed by atoms with van der Waals surface area (Å²) in [6.07, 6.45) is 1.55. The zero-order valence-corrected chi connectivity index (χ0v) is 9.47. The Labute approximate surface area is 103 Å². The molecule has 0 aromatic carbocycles. The molecule has 1 atom stereocenters. The quantitative estimate of drug-likeness (QED) is 0.613. The molecule has 1 aromatic rings. The second-order valence-electron chi connectivity index (χ2n) is 3.82. The standard InChI is InChI=1S/C11H12N4O3/c16-9(5-8-10(17)15-11(18)14-8)13-6-7-3-1-2-4-12-7/h1-4,8H,5-6H2,(H,13,16)(H2,14,15,17,18)/t8-/m0/s1. The normalized spacial score (nSPS) is 18.1. The number of imide groups is 1. The zero-order chi connectivity index (χ0) is 13.0. The van der Waals surface area contributed by atoms with E-state index in [1.165, 1.54) is 0 Å². The van der Waals surface area contributed by atoms with E-state index in [9.17, 15) is 14.4 Å². The molecular formula is C11H12N4O3. The third kappa shape index (κ3) is 3.03. The predicted molar refractivity (Wildman–Crippen MR) is 61.2 cm³/mol. The van der Waals surface area contributed by atoms with Gasteiger partial charge in [-0.25, -0.2) is 4.79 Å². The summed E-state index contributed by atoms with van der Waals surface area (Å²) in [6, 6.07) is 4.02. The van der Waals surface area contributed by atoms with Crippen LogP contribution in [-0.4, -0.2) is 28.9 Å². The van der Waals surface area contributed by atoms with E-state index in [1.807, 2.05) is 6.07 Å². The van der Waals surface area contributed by atoms with Gasteiger partial charge in [-0.2, -0.15) is 0 Å². The number of carbonyl (C=O) groups excluding carboxylic acids is 3. The SMILES string of the molecule is O=C(C[C@@H]1NC(=O)NC1=O)NCc1ccccn1. The third-order valence-electron chi connectivity index (χ3n) is 2.44. The molecule has 18 heavy (non-hydrogen) atoms. The van der Waals surface area contributed by atoms with Crippen molar-refractivity contribution in [3.05, 3.63) is 30.1 Å². The first kappa shape index (κ1) is 12.0. The van der Waals surface area contributed by atoms with Crippen molar-refractivity contribution in [1.29, 1.82) is 0 Å². The molecule has 0 unspecified atom stereocenters. The maximum atomic E-state index is 11.6. The number of hydrogen-bond acceptors (Lipinski definition) is 4. The molecule has 2 rings (SSSR count). The summed E-state index contributed by atoms with van der Waals surface area (Å²) in [4.78, 5) is 37.6. The van der Waals surface area contributed by atoms with Gasteiger partial charge in [0, 0.05) is 6.20 Å². The van der Waals surface area contributed by atoms with Gasteiger partial charge in [-0.05, 0) is 12.1 Å². The van der Waals surface area contributed by atoms with Gasteiger partial charge in [0.2, 0.25) is 5.91 Å². The van der Waals surface area contributed by atoms with Crippen LogP contribution in [0.2, 0.25) is 0 Å². The van der Waals surface area contributed by atoms with E-state index in [1.54, 1.807) is 18.3 Å². The zero-order valence-electron chi connectivity index (χ0n) is 9.47. The molecule has 1 saturated heterocycles. The first-order chi connectivity index (χ1) is 8.65. The lowest BCUT2D eigenvalue weighted by Gasteiger charge is -2.07. The molecule has 94 valence electrons. The Hall–Kier alpha value is -2.44. The maximum Gasteiger partial charge on any atom is 0.322 e. The van der Waals surface area contributed by atoms with Crippen molar-refractivity contribution in [2.24, 2.45) is 0 Å². The van der Waals surface area contributed by atoms with Crippen molar-refractivity contribution >= 4 is 17.8 Å². The summed E-state index contributed by atoms with van der Waals surface area (Å²) in [5.41, 5.74) is 0.728. The minimum Gasteiger partial charge on any atom is -0.350 e. The number of aromatic nitrogens is 1. The fourth-order valence-corrected chi connectivity index (χ4v) is 1.55. The molecule has 2 heterocycles. The number of nitrogens with one attached hydrogen (secondary N) is 3. The van der Waals surface area contributed by atoms with E-state index in [2.05, 4.69) is 20.9 Å². The number of urea groups is 1. The Bertz CT molecular complexity index is 474. The van der Waals surface area contributed by atoms with Crippen molar-refractivity contribution in [2.45, 2.75) is 19.0 Å². The summed E-state index contributed by atoms with van der Waals surface area (Å²) in [5.74, 6) is -0.795. The third-order valence-corrected chi connectivity index (χ3v) is 2.44. The maximum absolute atomic E-state index is 11.6. The van der Waals surface area contributed by atoms with Gasteiger partial charge in [0.1, 0.15) is 6.04 Å². The molecule has 0 saturated carbocycles. The minimum absolute atomic E-state index is 0.0790. The summed E-state index contributed by atoms with van der Waals surface area (Å²) in [6.45, 7) is 0.294. The topological polar surface area (TPSA) is 100 Å². The lowest BCUT2D eigenvalue weighted by Crippen LogP contribution is -2.36. The highest BCUT2D eigenvalue weighted by Gasteiger charge is 2.31. The number of hydrogen-bond donors (Lipinski definition) is 3. The molecule has 0 radical (unpaired) electrons. The van der Waals surface area contributed by atoms with Crippen molar-refractivity contribution in [3.63, 3.8) is 0 Å². The average Bonchev–Trinajstić information content (AvgIpc) is 2.67. The molecule has 0 aliphatic carbocycles. The fourth-order valence-electron chi connectivity index (χ4n) is 1.55. The van der Waals surface area contributed by atoms with E-state index in [4.69, 9.17) is 0 Å². The van der Waals surface area contributed by atoms with Crippen LogP contribution in [0.15, 0.2) is 24.4 Å². The molecular weight excluding hydrogens is 236 g/mol. The van der Waals surface area contributed by atoms with Gasteiger partial charge in [0.05, 0.1) is 18.7 Å². The van der Waals surface area contributed by atoms with E-state index in [0.29, 0.717) is 6.54 Å². The van der Waals surface area contributed by atoms with Gasteiger partial charge in [-0.1, -0.05) is 6.07 Å². The van der Waals surface area contributed by atoms with Crippen LogP contribution in [0.1, 0.15) is 12.1 Å². The number of amides is 4. The lowest BCUT2D eigenvalue weighted by atomic mass is 10.2. The van der Waals surface area contributed by atoms with Crippen molar-refractivity contribution in [3.8, 4) is 0 Å². The lowest BCUT2D eigenvalue weighted by molar-refractivity contribution is -0.126. The van der Waals surface area contributed by atoms with E-state index >= 15 is 0 Å². The van der Waals surface area contributed by atoms with Crippen molar-refractivity contribution in [1.82, 2.24) is 20.9 Å². The molecule has 1 fully saturated rings. The van der Waals surface area contributed by atoms with Gasteiger partial charge in [0.25, 0.3) is 5.91 Å². The van der Waals surface area contributed by atoms with E-state index in [0.717, 1.165) is 5.69 Å². The van der Waals surface area contributed by atoms with Gasteiger partial charge >= 0.3 is 6.03 Å². The van der Waals surface area contributed by atoms with Gasteiger partial charge in [-0.15, -0.1) is 0 Å². The molecule has 0 bridgehead atoms. The minimum atomic E-state index is -0.791. The summed E-state index contributed by atoms with van der Waals surface area (Å²) >= 11 is 0. The largest absolute Gasteiger partial charge is 0.350 e. The van der Waals surface area contributed by atoms with E-state index < -0.39 is 18.0 Å². The highest BCUT2D eigenvalue weighted by Crippen LogP contribution is 1.99. The highest BCUT2D eigenvalue weighted by atomic mass is 16.2. The first-order valence-corrected chi connectivity index (χ1v) is 5.43. The fraction of sp³-hybridized carbons (Fsp3) is 0.273. The predicted octanol–water partition coefficient (Wildman–Crippen LogP) is -0.704. The van der Waals surface area contributed by atoms with Gasteiger partial charge < -0.3 is 10.6 Å². The molecule has 1 aromatic heterocycles. The van der Waals surface area contributed by atoms with Crippen molar-refractivity contribution < 1.29 is 14.4 Å². The molecule has 4 amide bonds. The molecule has 7 nitrogen and oxygen atoms in total. The summed E-state index contributed by atoms with van der Waals surface area (Å²) < 4.78 is 0. The molecule has 1 aliphatic rings. The molecule has 7 heteroatoms. The average molecular weight is 248 g/mol. The smallest absolute Gasteiger partial charge is 0.322 e. The van der Waals surface area contributed by atoms with Crippen LogP contribution >= 0.6 is 0 Å². The van der Waals surface area contributed by atoms with E-state index in [-0.39, 0.29) is 12.3 Å². The Morgan fingerprint density at radius 1 is 1.39 bits per heavy atom. The van der Waals surface area contributed by atoms with Crippen LogP contribution in [-0.2, 0) is 16.1 Å². The van der Waals surface area contributed by atoms with Gasteiger partial charge in [-0.3, -0.25) is 19.9 Å². The monoisotopic (exact) mass is 248 g/mol. The van der Waals surface area contributed by atoms with Crippen LogP contribution in [0.4, 0.5) is 4.79 Å². The van der Waals surface area contributed by atoms with Crippen LogP contribution < -0.4 is 16.0 Å². The van der Waals surface area contributed by atoms with Crippen LogP contribution in [0.5, 0.6) is 0 Å². The van der Waals surface area contributed by atoms with Crippen LogP contribution in [0, 0.1) is 0 Å². The molecule has 0 spiro atoms. The van der Waals surface area contributed by atoms with Gasteiger partial charge in [0.15, 0.2) is 0 Å². The summed E-state index contributed by atoms with van der Waals surface area (Å²) in [5, 5.41) is 7.05. The number of pyridine rings is 1. The highest BCUT2D eigenvalue weighted by molar-refractivity contribution is 6.05. The number of rotatable bonds is 4. The van der Waals surface area contributed by atoms with Crippen LogP contribution in [0.3, 0.4) is 0 Å². The Kier molecular flexibility index (Phi) is 3.52. The molecule has 1 aliphatic heterocycles. The Morgan fingerprint density at radius 3 is 2.83 bits per heavy atom.